The molecule has 1 aromatic carbocycles. The van der Waals surface area contributed by atoms with Gasteiger partial charge in [-0.2, -0.15) is 0 Å². The molecule has 0 unspecified atom stereocenters. The predicted octanol–water partition coefficient (Wildman–Crippen LogP) is 3.39. The van der Waals surface area contributed by atoms with Crippen LogP contribution in [-0.4, -0.2) is 31.2 Å². The van der Waals surface area contributed by atoms with Crippen molar-refractivity contribution in [3.8, 4) is 5.88 Å². The third-order valence-electron chi connectivity index (χ3n) is 4.87. The second kappa shape index (κ2) is 7.23. The number of amides is 1. The third-order valence-corrected chi connectivity index (χ3v) is 4.87. The summed E-state index contributed by atoms with van der Waals surface area (Å²) >= 11 is 0. The van der Waals surface area contributed by atoms with Crippen LogP contribution in [0.15, 0.2) is 36.5 Å². The zero-order valence-electron chi connectivity index (χ0n) is 15.0. The lowest BCUT2D eigenvalue weighted by Crippen LogP contribution is -2.44. The van der Waals surface area contributed by atoms with E-state index >= 15 is 0 Å². The highest BCUT2D eigenvalue weighted by molar-refractivity contribution is 5.99. The fourth-order valence-corrected chi connectivity index (χ4v) is 3.33. The van der Waals surface area contributed by atoms with E-state index in [0.29, 0.717) is 37.6 Å². The SMILES string of the molecule is COc1ncc(NC(=O)C2(c3ccc(C)cc3)CCOCC2)cc1C. The van der Waals surface area contributed by atoms with Crippen LogP contribution in [-0.2, 0) is 14.9 Å². The maximum absolute atomic E-state index is 13.2. The van der Waals surface area contributed by atoms with Crippen molar-refractivity contribution in [2.75, 3.05) is 25.6 Å². The van der Waals surface area contributed by atoms with Crippen molar-refractivity contribution < 1.29 is 14.3 Å². The van der Waals surface area contributed by atoms with Gasteiger partial charge < -0.3 is 14.8 Å². The fraction of sp³-hybridized carbons (Fsp3) is 0.400. The summed E-state index contributed by atoms with van der Waals surface area (Å²) in [7, 11) is 1.59. The summed E-state index contributed by atoms with van der Waals surface area (Å²) in [5.74, 6) is 0.559. The van der Waals surface area contributed by atoms with Crippen molar-refractivity contribution in [2.24, 2.45) is 0 Å². The molecular weight excluding hydrogens is 316 g/mol. The Bertz CT molecular complexity index is 750. The summed E-state index contributed by atoms with van der Waals surface area (Å²) in [5, 5.41) is 3.05. The van der Waals surface area contributed by atoms with Crippen molar-refractivity contribution in [3.63, 3.8) is 0 Å². The number of benzene rings is 1. The van der Waals surface area contributed by atoms with E-state index in [0.717, 1.165) is 11.1 Å². The summed E-state index contributed by atoms with van der Waals surface area (Å²) < 4.78 is 10.7. The molecule has 2 aromatic rings. The van der Waals surface area contributed by atoms with Crippen LogP contribution < -0.4 is 10.1 Å². The van der Waals surface area contributed by atoms with Gasteiger partial charge in [0.2, 0.25) is 11.8 Å². The maximum Gasteiger partial charge on any atom is 0.235 e. The molecule has 132 valence electrons. The van der Waals surface area contributed by atoms with E-state index in [-0.39, 0.29) is 5.91 Å². The highest BCUT2D eigenvalue weighted by atomic mass is 16.5. The minimum Gasteiger partial charge on any atom is -0.481 e. The van der Waals surface area contributed by atoms with E-state index in [1.165, 1.54) is 5.56 Å². The number of hydrogen-bond acceptors (Lipinski definition) is 4. The molecule has 3 rings (SSSR count). The first-order valence-corrected chi connectivity index (χ1v) is 8.52. The van der Waals surface area contributed by atoms with E-state index in [1.54, 1.807) is 13.3 Å². The van der Waals surface area contributed by atoms with Crippen LogP contribution in [0.2, 0.25) is 0 Å². The number of nitrogens with zero attached hydrogens (tertiary/aromatic N) is 1. The highest BCUT2D eigenvalue weighted by Crippen LogP contribution is 2.36. The number of pyridine rings is 1. The number of rotatable bonds is 4. The quantitative estimate of drug-likeness (QED) is 0.927. The summed E-state index contributed by atoms with van der Waals surface area (Å²) in [5.41, 5.74) is 3.22. The molecule has 1 aliphatic rings. The van der Waals surface area contributed by atoms with Crippen LogP contribution in [0, 0.1) is 13.8 Å². The molecule has 5 heteroatoms. The minimum atomic E-state index is -0.570. The molecule has 1 aromatic heterocycles. The molecule has 0 spiro atoms. The van der Waals surface area contributed by atoms with Crippen LogP contribution >= 0.6 is 0 Å². The fourth-order valence-electron chi connectivity index (χ4n) is 3.33. The average Bonchev–Trinajstić information content (AvgIpc) is 2.63. The first-order chi connectivity index (χ1) is 12.0. The number of anilines is 1. The second-order valence-electron chi connectivity index (χ2n) is 6.56. The van der Waals surface area contributed by atoms with Crippen LogP contribution in [0.3, 0.4) is 0 Å². The number of carbonyl (C=O) groups excluding carboxylic acids is 1. The first-order valence-electron chi connectivity index (χ1n) is 8.52. The Kier molecular flexibility index (Phi) is 5.04. The molecule has 1 saturated heterocycles. The molecule has 0 saturated carbocycles. The number of ether oxygens (including phenoxy) is 2. The first kappa shape index (κ1) is 17.4. The van der Waals surface area contributed by atoms with Crippen molar-refractivity contribution in [3.05, 3.63) is 53.2 Å². The van der Waals surface area contributed by atoms with E-state index < -0.39 is 5.41 Å². The van der Waals surface area contributed by atoms with Gasteiger partial charge in [0.1, 0.15) is 0 Å². The number of hydrogen-bond donors (Lipinski definition) is 1. The number of aromatic nitrogens is 1. The molecule has 0 radical (unpaired) electrons. The van der Waals surface area contributed by atoms with Crippen LogP contribution in [0.1, 0.15) is 29.5 Å². The molecule has 1 aliphatic heterocycles. The molecule has 2 heterocycles. The van der Waals surface area contributed by atoms with E-state index in [2.05, 4.69) is 34.6 Å². The van der Waals surface area contributed by atoms with Crippen molar-refractivity contribution >= 4 is 11.6 Å². The van der Waals surface area contributed by atoms with Gasteiger partial charge in [0.05, 0.1) is 24.4 Å². The molecular formula is C20H24N2O3. The zero-order valence-corrected chi connectivity index (χ0v) is 15.0. The number of methoxy groups -OCH3 is 1. The number of nitrogens with one attached hydrogen (secondary N) is 1. The van der Waals surface area contributed by atoms with E-state index in [4.69, 9.17) is 9.47 Å². The van der Waals surface area contributed by atoms with Gasteiger partial charge in [-0.1, -0.05) is 29.8 Å². The summed E-state index contributed by atoms with van der Waals surface area (Å²) in [6, 6.07) is 10.1. The normalized spacial score (nSPS) is 16.3. The average molecular weight is 340 g/mol. The number of aryl methyl sites for hydroxylation is 2. The van der Waals surface area contributed by atoms with Gasteiger partial charge in [-0.25, -0.2) is 4.98 Å². The lowest BCUT2D eigenvalue weighted by molar-refractivity contribution is -0.125. The Morgan fingerprint density at radius 1 is 1.20 bits per heavy atom. The Balaban J connectivity index is 1.89. The molecule has 0 bridgehead atoms. The molecule has 1 amide bonds. The second-order valence-corrected chi connectivity index (χ2v) is 6.56. The molecule has 5 nitrogen and oxygen atoms in total. The maximum atomic E-state index is 13.2. The van der Waals surface area contributed by atoms with Gasteiger partial charge in [0.25, 0.3) is 0 Å². The lowest BCUT2D eigenvalue weighted by Gasteiger charge is -2.36. The van der Waals surface area contributed by atoms with Gasteiger partial charge in [0, 0.05) is 18.8 Å². The molecule has 1 N–H and O–H groups in total. The Labute approximate surface area is 148 Å². The molecule has 0 aliphatic carbocycles. The largest absolute Gasteiger partial charge is 0.481 e. The highest BCUT2D eigenvalue weighted by Gasteiger charge is 2.41. The summed E-state index contributed by atoms with van der Waals surface area (Å²) in [6.45, 7) is 5.13. The van der Waals surface area contributed by atoms with Gasteiger partial charge in [-0.15, -0.1) is 0 Å². The van der Waals surface area contributed by atoms with Crippen LogP contribution in [0.4, 0.5) is 5.69 Å². The van der Waals surface area contributed by atoms with Gasteiger partial charge in [-0.05, 0) is 38.3 Å². The molecule has 1 fully saturated rings. The molecule has 25 heavy (non-hydrogen) atoms. The summed E-state index contributed by atoms with van der Waals surface area (Å²) in [4.78, 5) is 17.5. The standard InChI is InChI=1S/C20H24N2O3/c1-14-4-6-16(7-5-14)20(8-10-25-11-9-20)19(23)22-17-12-15(2)18(24-3)21-13-17/h4-7,12-13H,8-11H2,1-3H3,(H,22,23). The summed E-state index contributed by atoms with van der Waals surface area (Å²) in [6.07, 6.45) is 2.97. The minimum absolute atomic E-state index is 0.00831. The monoisotopic (exact) mass is 340 g/mol. The Hall–Kier alpha value is -2.40. The topological polar surface area (TPSA) is 60.5 Å². The number of carbonyl (C=O) groups is 1. The van der Waals surface area contributed by atoms with E-state index in [9.17, 15) is 4.79 Å². The smallest absolute Gasteiger partial charge is 0.235 e. The molecule has 0 atom stereocenters. The van der Waals surface area contributed by atoms with Gasteiger partial charge in [0.15, 0.2) is 0 Å². The Morgan fingerprint density at radius 2 is 1.88 bits per heavy atom. The van der Waals surface area contributed by atoms with Gasteiger partial charge >= 0.3 is 0 Å². The van der Waals surface area contributed by atoms with E-state index in [1.807, 2.05) is 19.9 Å². The lowest BCUT2D eigenvalue weighted by atomic mass is 9.73. The predicted molar refractivity (Wildman–Crippen MR) is 97.1 cm³/mol. The van der Waals surface area contributed by atoms with Crippen molar-refractivity contribution in [2.45, 2.75) is 32.1 Å². The third kappa shape index (κ3) is 3.51. The Morgan fingerprint density at radius 3 is 2.48 bits per heavy atom. The van der Waals surface area contributed by atoms with Crippen LogP contribution in [0.5, 0.6) is 5.88 Å². The van der Waals surface area contributed by atoms with Crippen LogP contribution in [0.25, 0.3) is 0 Å². The van der Waals surface area contributed by atoms with Crippen molar-refractivity contribution in [1.82, 2.24) is 4.98 Å². The zero-order chi connectivity index (χ0) is 17.9. The van der Waals surface area contributed by atoms with Crippen molar-refractivity contribution in [1.29, 1.82) is 0 Å². The van der Waals surface area contributed by atoms with Gasteiger partial charge in [-0.3, -0.25) is 4.79 Å².